The summed E-state index contributed by atoms with van der Waals surface area (Å²) in [6, 6.07) is 6.13. The highest BCUT2D eigenvalue weighted by atomic mass is 32.2. The second-order valence-corrected chi connectivity index (χ2v) is 16.0. The summed E-state index contributed by atoms with van der Waals surface area (Å²) in [6.07, 6.45) is -2.90. The van der Waals surface area contributed by atoms with Crippen LogP contribution in [0.25, 0.3) is 0 Å². The smallest absolute Gasteiger partial charge is 0.453 e. The molecule has 3 aliphatic carbocycles. The van der Waals surface area contributed by atoms with Crippen molar-refractivity contribution in [2.75, 3.05) is 50.9 Å². The van der Waals surface area contributed by atoms with Crippen molar-refractivity contribution in [1.29, 1.82) is 0 Å². The summed E-state index contributed by atoms with van der Waals surface area (Å²) < 4.78 is 89.5. The van der Waals surface area contributed by atoms with Gasteiger partial charge in [0.25, 0.3) is 0 Å². The number of benzene rings is 1. The minimum absolute atomic E-state index is 0.0504. The molecule has 0 aromatic heterocycles. The Labute approximate surface area is 276 Å². The van der Waals surface area contributed by atoms with Crippen molar-refractivity contribution in [2.24, 2.45) is 23.2 Å². The lowest BCUT2D eigenvalue weighted by Crippen LogP contribution is -2.50. The third kappa shape index (κ3) is 7.19. The summed E-state index contributed by atoms with van der Waals surface area (Å²) in [6.45, 7) is 6.53. The number of amides is 1. The predicted molar refractivity (Wildman–Crippen MR) is 166 cm³/mol. The molecule has 1 aromatic rings. The lowest BCUT2D eigenvalue weighted by atomic mass is 9.53. The molecule has 0 N–H and O–H groups in total. The minimum atomic E-state index is -5.63. The van der Waals surface area contributed by atoms with Gasteiger partial charge in [0.05, 0.1) is 13.2 Å². The lowest BCUT2D eigenvalue weighted by molar-refractivity contribution is -0.284. The van der Waals surface area contributed by atoms with Crippen LogP contribution in [0, 0.1) is 23.2 Å². The first-order chi connectivity index (χ1) is 22.3. The van der Waals surface area contributed by atoms with Gasteiger partial charge in [-0.05, 0) is 86.0 Å². The number of piperidine rings is 1. The SMILES string of the molecule is C[C@]12CC[C@@H]3c4ccc(OC(=O)N5CCC(N6CCOCC6)CC5)cc4C[C@@H](C[S+]([O-])CCCC(F)(F)C(F)(F)F)C3[C@@H]1CCC2=O. The van der Waals surface area contributed by atoms with Crippen LogP contribution in [0.3, 0.4) is 0 Å². The van der Waals surface area contributed by atoms with Crippen LogP contribution in [0.1, 0.15) is 75.3 Å². The molecule has 2 aliphatic heterocycles. The molecular formula is C34H45F5N2O5S. The van der Waals surface area contributed by atoms with Crippen molar-refractivity contribution in [2.45, 2.75) is 88.8 Å². The molecule has 6 atom stereocenters. The van der Waals surface area contributed by atoms with E-state index in [0.717, 1.165) is 69.5 Å². The van der Waals surface area contributed by atoms with Gasteiger partial charge in [0, 0.05) is 56.4 Å². The molecule has 7 nitrogen and oxygen atoms in total. The summed E-state index contributed by atoms with van der Waals surface area (Å²) in [4.78, 5) is 30.3. The maximum atomic E-state index is 13.5. The Morgan fingerprint density at radius 1 is 1.09 bits per heavy atom. The molecule has 0 spiro atoms. The number of Topliss-reactive ketones (excluding diaryl/α,β-unsaturated/α-hetero) is 1. The van der Waals surface area contributed by atoms with Crippen LogP contribution in [-0.4, -0.2) is 95.3 Å². The molecule has 1 amide bonds. The first-order valence-corrected chi connectivity index (χ1v) is 18.5. The molecule has 0 bridgehead atoms. The molecule has 13 heteroatoms. The van der Waals surface area contributed by atoms with Gasteiger partial charge in [0.2, 0.25) is 0 Å². The van der Waals surface area contributed by atoms with Gasteiger partial charge in [-0.1, -0.05) is 24.2 Å². The largest absolute Gasteiger partial charge is 0.616 e. The fraction of sp³-hybridized carbons (Fsp3) is 0.765. The Bertz CT molecular complexity index is 1300. The quantitative estimate of drug-likeness (QED) is 0.234. The summed E-state index contributed by atoms with van der Waals surface area (Å²) in [7, 11) is 0. The zero-order chi connectivity index (χ0) is 33.6. The van der Waals surface area contributed by atoms with Crippen molar-refractivity contribution in [3.63, 3.8) is 0 Å². The van der Waals surface area contributed by atoms with E-state index in [0.29, 0.717) is 37.7 Å². The third-order valence-electron chi connectivity index (χ3n) is 11.7. The molecular weight excluding hydrogens is 643 g/mol. The third-order valence-corrected chi connectivity index (χ3v) is 13.3. The van der Waals surface area contributed by atoms with Crippen LogP contribution in [-0.2, 0) is 27.1 Å². The highest BCUT2D eigenvalue weighted by Gasteiger charge is 2.58. The highest BCUT2D eigenvalue weighted by molar-refractivity contribution is 7.91. The zero-order valence-corrected chi connectivity index (χ0v) is 27.7. The van der Waals surface area contributed by atoms with Crippen molar-refractivity contribution in [3.8, 4) is 5.75 Å². The summed E-state index contributed by atoms with van der Waals surface area (Å²) in [5.74, 6) is -4.11. The van der Waals surface area contributed by atoms with E-state index in [9.17, 15) is 36.1 Å². The topological polar surface area (TPSA) is 82.1 Å². The van der Waals surface area contributed by atoms with Gasteiger partial charge in [-0.15, -0.1) is 0 Å². The number of carbonyl (C=O) groups excluding carboxylic acids is 2. The van der Waals surface area contributed by atoms with Crippen molar-refractivity contribution < 1.29 is 45.6 Å². The number of likely N-dealkylation sites (tertiary alicyclic amines) is 1. The fourth-order valence-electron chi connectivity index (χ4n) is 9.20. The normalized spacial score (nSPS) is 31.2. The van der Waals surface area contributed by atoms with Crippen LogP contribution < -0.4 is 4.74 Å². The molecule has 2 saturated heterocycles. The molecule has 1 aromatic carbocycles. The van der Waals surface area contributed by atoms with Crippen LogP contribution >= 0.6 is 0 Å². The van der Waals surface area contributed by atoms with E-state index >= 15 is 0 Å². The van der Waals surface area contributed by atoms with Gasteiger partial charge in [0.1, 0.15) is 23.0 Å². The molecule has 262 valence electrons. The predicted octanol–water partition coefficient (Wildman–Crippen LogP) is 6.36. The van der Waals surface area contributed by atoms with E-state index in [2.05, 4.69) is 4.90 Å². The van der Waals surface area contributed by atoms with Crippen LogP contribution in [0.15, 0.2) is 18.2 Å². The Hall–Kier alpha value is -1.96. The lowest BCUT2D eigenvalue weighted by Gasteiger charge is -2.51. The Kier molecular flexibility index (Phi) is 10.2. The molecule has 2 unspecified atom stereocenters. The number of ether oxygens (including phenoxy) is 2. The monoisotopic (exact) mass is 688 g/mol. The van der Waals surface area contributed by atoms with Crippen molar-refractivity contribution in [1.82, 2.24) is 9.80 Å². The molecule has 2 heterocycles. The Morgan fingerprint density at radius 3 is 2.51 bits per heavy atom. The summed E-state index contributed by atoms with van der Waals surface area (Å²) in [5, 5.41) is 0. The standard InChI is InChI=1S/C34H45F5N2O5S/c1-32-11-7-27-26-4-3-25(46-31(43)41-12-8-24(9-13-41)40-14-16-45-17-15-40)20-22(26)19-23(30(27)28(32)5-6-29(32)42)21-47(44)18-2-10-33(35,36)34(37,38)39/h3-4,20,23-24,27-28,30H,2,5-19,21H2,1H3/t23-,27+,28-,30?,32-,47?/m0/s1. The van der Waals surface area contributed by atoms with E-state index in [1.165, 1.54) is 0 Å². The van der Waals surface area contributed by atoms with E-state index in [-0.39, 0.29) is 41.0 Å². The van der Waals surface area contributed by atoms with Gasteiger partial charge in [-0.2, -0.15) is 22.0 Å². The summed E-state index contributed by atoms with van der Waals surface area (Å²) >= 11 is -1.61. The van der Waals surface area contributed by atoms with Gasteiger partial charge < -0.3 is 18.9 Å². The summed E-state index contributed by atoms with van der Waals surface area (Å²) in [5.41, 5.74) is 1.65. The Balaban J connectivity index is 1.14. The first-order valence-electron chi connectivity index (χ1n) is 17.0. The van der Waals surface area contributed by atoms with Gasteiger partial charge >= 0.3 is 18.2 Å². The van der Waals surface area contributed by atoms with Crippen LogP contribution in [0.4, 0.5) is 26.7 Å². The molecule has 47 heavy (non-hydrogen) atoms. The molecule has 0 radical (unpaired) electrons. The van der Waals surface area contributed by atoms with E-state index in [4.69, 9.17) is 9.47 Å². The first kappa shape index (κ1) is 34.9. The van der Waals surface area contributed by atoms with Gasteiger partial charge in [-0.3, -0.25) is 9.69 Å². The number of alkyl halides is 5. The number of morpholine rings is 1. The molecule has 4 fully saturated rings. The maximum absolute atomic E-state index is 13.5. The van der Waals surface area contributed by atoms with Crippen molar-refractivity contribution in [3.05, 3.63) is 29.3 Å². The second kappa shape index (κ2) is 13.7. The van der Waals surface area contributed by atoms with Gasteiger partial charge in [-0.25, -0.2) is 4.79 Å². The van der Waals surface area contributed by atoms with E-state index in [1.807, 2.05) is 25.1 Å². The number of ketones is 1. The highest BCUT2D eigenvalue weighted by Crippen LogP contribution is 2.61. The van der Waals surface area contributed by atoms with Crippen LogP contribution in [0.2, 0.25) is 0 Å². The Morgan fingerprint density at radius 2 is 1.81 bits per heavy atom. The maximum Gasteiger partial charge on any atom is 0.453 e. The zero-order valence-electron chi connectivity index (χ0n) is 26.9. The number of rotatable bonds is 8. The van der Waals surface area contributed by atoms with Crippen LogP contribution in [0.5, 0.6) is 5.75 Å². The number of fused-ring (bicyclic) bond motifs is 5. The van der Waals surface area contributed by atoms with Gasteiger partial charge in [0.15, 0.2) is 0 Å². The second-order valence-electron chi connectivity index (χ2n) is 14.4. The number of carbonyl (C=O) groups is 2. The minimum Gasteiger partial charge on any atom is -0.616 e. The van der Waals surface area contributed by atoms with E-state index < -0.39 is 47.6 Å². The number of hydrogen-bond donors (Lipinski definition) is 0. The van der Waals surface area contributed by atoms with Crippen molar-refractivity contribution >= 4 is 23.1 Å². The number of halogens is 5. The molecule has 2 saturated carbocycles. The number of hydrogen-bond acceptors (Lipinski definition) is 6. The average molecular weight is 689 g/mol. The number of nitrogens with zero attached hydrogens (tertiary/aromatic N) is 2. The average Bonchev–Trinajstić information content (AvgIpc) is 3.34. The van der Waals surface area contributed by atoms with E-state index in [1.54, 1.807) is 4.90 Å². The molecule has 6 rings (SSSR count). The fourth-order valence-corrected chi connectivity index (χ4v) is 10.7. The molecule has 5 aliphatic rings.